The Labute approximate surface area is 228 Å². The van der Waals surface area contributed by atoms with Gasteiger partial charge in [0.1, 0.15) is 23.5 Å². The van der Waals surface area contributed by atoms with Crippen LogP contribution in [0, 0.1) is 0 Å². The van der Waals surface area contributed by atoms with Gasteiger partial charge in [0.25, 0.3) is 5.56 Å². The second-order valence-corrected chi connectivity index (χ2v) is 11.7. The summed E-state index contributed by atoms with van der Waals surface area (Å²) in [4.78, 5) is 50.6. The largest absolute Gasteiger partial charge is 0.694 e. The van der Waals surface area contributed by atoms with Gasteiger partial charge in [-0.25, -0.2) is 15.0 Å². The van der Waals surface area contributed by atoms with Gasteiger partial charge in [-0.1, -0.05) is 0 Å². The summed E-state index contributed by atoms with van der Waals surface area (Å²) in [5.41, 5.74) is 8.88. The highest BCUT2D eigenvalue weighted by atomic mass is 31.2. The van der Waals surface area contributed by atoms with Gasteiger partial charge in [-0.2, -0.15) is 4.98 Å². The van der Waals surface area contributed by atoms with E-state index in [2.05, 4.69) is 29.4 Å². The third-order valence-electron chi connectivity index (χ3n) is 6.39. The first-order chi connectivity index (χ1) is 19.3. The lowest BCUT2D eigenvalue weighted by molar-refractivity contribution is -0.248. The number of hydrogen-bond donors (Lipinski definition) is 8. The number of nitrogens with one attached hydrogen (secondary N) is 1. The Morgan fingerprint density at radius 1 is 1.32 bits per heavy atom. The zero-order chi connectivity index (χ0) is 29.7. The van der Waals surface area contributed by atoms with Gasteiger partial charge in [0, 0.05) is 10.8 Å². The topological polar surface area (TPSA) is 309 Å². The van der Waals surface area contributed by atoms with Crippen LogP contribution >= 0.6 is 15.9 Å². The van der Waals surface area contributed by atoms with Gasteiger partial charge in [0.05, 0.1) is 24.4 Å². The molecule has 4 aromatic heterocycles. The molecule has 22 heteroatoms. The number of imidazole rings is 1. The number of nitrogens with two attached hydrogens (primary N) is 2. The number of anilines is 2. The van der Waals surface area contributed by atoms with Crippen molar-refractivity contribution >= 4 is 49.8 Å². The number of fused-ring (bicyclic) bond motifs is 2. The molecule has 0 spiro atoms. The zero-order valence-corrected chi connectivity index (χ0v) is 22.4. The number of aliphatic hydroxyl groups excluding tert-OH is 2. The van der Waals surface area contributed by atoms with Crippen LogP contribution in [0.15, 0.2) is 29.7 Å². The number of aromatic nitrogens is 7. The quantitative estimate of drug-likeness (QED) is 0.0736. The number of rotatable bonds is 10. The standard InChI is InChI=1S/C19H23N9O11P2/c20-12-9-1-2-27(13(9)23-6-22-12)17(31)19(32,5-37-40(33)34)39-41(35,36)10-3-8(4-29)38-16(10)28-7-24-11-14(28)25-18(21)26-15(11)30/h1-2,6-8,10,16-17,29,31-32H,3-5H2,(H6-,20,21,22,23,25,26,30,33,34,35,36)/p+1/t8-,10+,16+,17+,19+/m0/s1. The van der Waals surface area contributed by atoms with Crippen LogP contribution in [-0.2, 0) is 22.9 Å². The Balaban J connectivity index is 1.54. The van der Waals surface area contributed by atoms with E-state index in [4.69, 9.17) is 20.7 Å². The number of nitrogens with zero attached hydrogens (tertiary/aromatic N) is 6. The normalized spacial score (nSPS) is 23.4. The molecule has 0 amide bonds. The van der Waals surface area contributed by atoms with Crippen molar-refractivity contribution in [2.45, 2.75) is 36.4 Å². The predicted molar refractivity (Wildman–Crippen MR) is 137 cm³/mol. The van der Waals surface area contributed by atoms with Gasteiger partial charge in [-0.05, 0) is 12.5 Å². The minimum absolute atomic E-state index is 0.0191. The maximum absolute atomic E-state index is 13.8. The van der Waals surface area contributed by atoms with Crippen LogP contribution in [0.3, 0.4) is 0 Å². The van der Waals surface area contributed by atoms with Gasteiger partial charge in [0.2, 0.25) is 11.7 Å². The first-order valence-corrected chi connectivity index (χ1v) is 14.4. The van der Waals surface area contributed by atoms with Crippen LogP contribution in [0.1, 0.15) is 18.9 Å². The van der Waals surface area contributed by atoms with E-state index in [1.54, 1.807) is 0 Å². The van der Waals surface area contributed by atoms with E-state index in [9.17, 15) is 39.0 Å². The molecule has 220 valence electrons. The molecule has 7 atom stereocenters. The van der Waals surface area contributed by atoms with Crippen LogP contribution in [0.2, 0.25) is 0 Å². The molecular weight excluding hydrogens is 592 g/mol. The average molecular weight is 616 g/mol. The van der Waals surface area contributed by atoms with Crippen molar-refractivity contribution in [1.82, 2.24) is 34.1 Å². The first kappa shape index (κ1) is 29.1. The van der Waals surface area contributed by atoms with E-state index in [1.807, 2.05) is 0 Å². The second kappa shape index (κ2) is 10.8. The summed E-state index contributed by atoms with van der Waals surface area (Å²) in [5.74, 6) is -3.41. The Morgan fingerprint density at radius 3 is 2.78 bits per heavy atom. The molecular formula is C19H24N9O11P2+. The maximum atomic E-state index is 13.8. The van der Waals surface area contributed by atoms with Crippen LogP contribution in [0.4, 0.5) is 11.8 Å². The number of ether oxygens (including phenoxy) is 1. The minimum Gasteiger partial charge on any atom is -0.394 e. The zero-order valence-electron chi connectivity index (χ0n) is 20.7. The molecule has 1 aliphatic rings. The van der Waals surface area contributed by atoms with E-state index in [-0.39, 0.29) is 40.4 Å². The fraction of sp³-hybridized carbons (Fsp3) is 0.421. The van der Waals surface area contributed by atoms with Crippen molar-refractivity contribution in [3.63, 3.8) is 0 Å². The summed E-state index contributed by atoms with van der Waals surface area (Å²) in [5, 5.41) is 32.5. The molecule has 5 rings (SSSR count). The smallest absolute Gasteiger partial charge is 0.394 e. The van der Waals surface area contributed by atoms with Crippen molar-refractivity contribution in [3.8, 4) is 0 Å². The Morgan fingerprint density at radius 2 is 2.07 bits per heavy atom. The number of aromatic amines is 1. The minimum atomic E-state index is -5.16. The monoisotopic (exact) mass is 616 g/mol. The number of H-pyrrole nitrogens is 1. The third-order valence-corrected chi connectivity index (χ3v) is 8.62. The summed E-state index contributed by atoms with van der Waals surface area (Å²) in [6, 6.07) is 1.39. The predicted octanol–water partition coefficient (Wildman–Crippen LogP) is -1.57. The van der Waals surface area contributed by atoms with Gasteiger partial charge in [-0.3, -0.25) is 23.4 Å². The second-order valence-electron chi connectivity index (χ2n) is 9.01. The molecule has 0 aliphatic carbocycles. The molecule has 41 heavy (non-hydrogen) atoms. The lowest BCUT2D eigenvalue weighted by Gasteiger charge is -2.35. The first-order valence-electron chi connectivity index (χ1n) is 11.6. The third kappa shape index (κ3) is 5.33. The fourth-order valence-electron chi connectivity index (χ4n) is 4.52. The van der Waals surface area contributed by atoms with Crippen molar-refractivity contribution < 1.29 is 48.0 Å². The highest BCUT2D eigenvalue weighted by molar-refractivity contribution is 7.53. The number of hydrogen-bond acceptors (Lipinski definition) is 15. The van der Waals surface area contributed by atoms with Crippen molar-refractivity contribution in [1.29, 1.82) is 0 Å². The fourth-order valence-corrected chi connectivity index (χ4v) is 6.59. The molecule has 1 saturated heterocycles. The van der Waals surface area contributed by atoms with Gasteiger partial charge in [0.15, 0.2) is 30.2 Å². The van der Waals surface area contributed by atoms with E-state index < -0.39 is 64.6 Å². The van der Waals surface area contributed by atoms with Crippen molar-refractivity contribution in [2.24, 2.45) is 0 Å². The molecule has 1 aliphatic heterocycles. The Hall–Kier alpha value is -3.42. The summed E-state index contributed by atoms with van der Waals surface area (Å²) < 4.78 is 42.7. The molecule has 4 aromatic rings. The van der Waals surface area contributed by atoms with Crippen molar-refractivity contribution in [2.75, 3.05) is 24.7 Å². The van der Waals surface area contributed by atoms with Crippen LogP contribution in [0.25, 0.3) is 22.2 Å². The van der Waals surface area contributed by atoms with Gasteiger partial charge < -0.3 is 41.0 Å². The SMILES string of the molecule is Nc1nc2c(ncn2[C@@H]2O[C@H](CO)C[C@H]2P(=O)(O)O[C@](O)(CO[P+](=O)O)[C@@H](O)n2ccc3c(N)ncnc32)c(=O)[nH]1. The van der Waals surface area contributed by atoms with Crippen molar-refractivity contribution in [3.05, 3.63) is 35.3 Å². The maximum Gasteiger partial charge on any atom is 0.694 e. The summed E-state index contributed by atoms with van der Waals surface area (Å²) in [6.07, 6.45) is -1.66. The van der Waals surface area contributed by atoms with E-state index in [0.29, 0.717) is 0 Å². The Bertz CT molecular complexity index is 1730. The molecule has 0 aromatic carbocycles. The lowest BCUT2D eigenvalue weighted by Crippen LogP contribution is -2.46. The van der Waals surface area contributed by atoms with E-state index in [1.165, 1.54) is 12.3 Å². The molecule has 0 saturated carbocycles. The highest BCUT2D eigenvalue weighted by Gasteiger charge is 2.55. The summed E-state index contributed by atoms with van der Waals surface area (Å²) in [6.45, 7) is -1.86. The summed E-state index contributed by atoms with van der Waals surface area (Å²) >= 11 is 0. The Kier molecular flexibility index (Phi) is 7.64. The van der Waals surface area contributed by atoms with Gasteiger partial charge in [-0.15, -0.1) is 9.42 Å². The molecule has 0 radical (unpaired) electrons. The van der Waals surface area contributed by atoms with E-state index >= 15 is 0 Å². The van der Waals surface area contributed by atoms with E-state index in [0.717, 1.165) is 21.8 Å². The average Bonchev–Trinajstić information content (AvgIpc) is 3.64. The number of nitrogen functional groups attached to an aromatic ring is 2. The molecule has 0 bridgehead atoms. The molecule has 5 heterocycles. The van der Waals surface area contributed by atoms with Gasteiger partial charge >= 0.3 is 15.9 Å². The molecule has 1 fully saturated rings. The highest BCUT2D eigenvalue weighted by Crippen LogP contribution is 2.60. The molecule has 20 nitrogen and oxygen atoms in total. The molecule has 2 unspecified atom stereocenters. The summed E-state index contributed by atoms with van der Waals surface area (Å²) in [7, 11) is -8.53. The number of aliphatic hydroxyl groups is 3. The lowest BCUT2D eigenvalue weighted by atomic mass is 10.2. The van der Waals surface area contributed by atoms with Crippen LogP contribution in [-0.4, -0.2) is 89.9 Å². The van der Waals surface area contributed by atoms with Crippen LogP contribution in [0.5, 0.6) is 0 Å². The molecule has 10 N–H and O–H groups in total. The van der Waals surface area contributed by atoms with Crippen LogP contribution < -0.4 is 17.0 Å².